The first-order chi connectivity index (χ1) is 9.72. The number of carbonyl (C=O) groups is 1. The highest BCUT2D eigenvalue weighted by molar-refractivity contribution is 5.69. The molecule has 0 rings (SSSR count). The zero-order chi connectivity index (χ0) is 17.6. The summed E-state index contributed by atoms with van der Waals surface area (Å²) in [6.07, 6.45) is -5.30. The number of nitrogens with zero attached hydrogens (tertiary/aromatic N) is 1. The van der Waals surface area contributed by atoms with Crippen molar-refractivity contribution in [3.63, 3.8) is 0 Å². The van der Waals surface area contributed by atoms with Gasteiger partial charge in [0.25, 0.3) is 0 Å². The van der Waals surface area contributed by atoms with Crippen molar-refractivity contribution in [2.24, 2.45) is 0 Å². The zero-order valence-electron chi connectivity index (χ0n) is 14.4. The fraction of sp³-hybridized carbons (Fsp3) is 0.933. The SMILES string of the molecule is CC(C)(C)OC(=O)N(CCNCCCC(F)(F)F)C(C)(C)C. The first-order valence-electron chi connectivity index (χ1n) is 7.50. The fourth-order valence-electron chi connectivity index (χ4n) is 1.75. The third kappa shape index (κ3) is 10.7. The van der Waals surface area contributed by atoms with E-state index in [0.29, 0.717) is 13.1 Å². The second kappa shape index (κ2) is 8.04. The molecule has 0 fully saturated rings. The molecule has 0 aromatic heterocycles. The van der Waals surface area contributed by atoms with Crippen LogP contribution in [0.25, 0.3) is 0 Å². The number of carbonyl (C=O) groups excluding carboxylic acids is 1. The van der Waals surface area contributed by atoms with E-state index in [9.17, 15) is 18.0 Å². The monoisotopic (exact) mass is 326 g/mol. The normalized spacial score (nSPS) is 13.1. The molecule has 7 heteroatoms. The molecule has 0 unspecified atom stereocenters. The van der Waals surface area contributed by atoms with Gasteiger partial charge in [0.2, 0.25) is 0 Å². The summed E-state index contributed by atoms with van der Waals surface area (Å²) in [5.41, 5.74) is -1.00. The Morgan fingerprint density at radius 3 is 2.00 bits per heavy atom. The first kappa shape index (κ1) is 21.0. The Kier molecular flexibility index (Phi) is 7.68. The minimum absolute atomic E-state index is 0.0332. The largest absolute Gasteiger partial charge is 0.444 e. The van der Waals surface area contributed by atoms with Gasteiger partial charge in [-0.3, -0.25) is 0 Å². The van der Waals surface area contributed by atoms with Crippen LogP contribution < -0.4 is 5.32 Å². The molecular weight excluding hydrogens is 297 g/mol. The van der Waals surface area contributed by atoms with Gasteiger partial charge in [-0.1, -0.05) is 0 Å². The first-order valence-corrected chi connectivity index (χ1v) is 7.50. The van der Waals surface area contributed by atoms with E-state index in [1.54, 1.807) is 25.7 Å². The van der Waals surface area contributed by atoms with Crippen LogP contribution in [0.2, 0.25) is 0 Å². The highest BCUT2D eigenvalue weighted by Crippen LogP contribution is 2.21. The molecule has 0 aliphatic carbocycles. The Bertz CT molecular complexity index is 344. The quantitative estimate of drug-likeness (QED) is 0.751. The van der Waals surface area contributed by atoms with E-state index in [-0.39, 0.29) is 13.0 Å². The summed E-state index contributed by atoms with van der Waals surface area (Å²) in [6.45, 7) is 12.1. The molecule has 0 aliphatic heterocycles. The predicted octanol–water partition coefficient (Wildman–Crippen LogP) is 3.95. The molecule has 0 aromatic rings. The van der Waals surface area contributed by atoms with Crippen molar-refractivity contribution in [1.82, 2.24) is 10.2 Å². The van der Waals surface area contributed by atoms with Crippen LogP contribution in [-0.4, -0.2) is 47.9 Å². The third-order valence-corrected chi connectivity index (χ3v) is 2.75. The Morgan fingerprint density at radius 2 is 1.59 bits per heavy atom. The van der Waals surface area contributed by atoms with Crippen molar-refractivity contribution in [2.45, 2.75) is 71.7 Å². The molecule has 1 N–H and O–H groups in total. The number of hydrogen-bond donors (Lipinski definition) is 1. The second-order valence-corrected chi connectivity index (χ2v) is 7.27. The molecule has 0 saturated heterocycles. The average molecular weight is 326 g/mol. The number of ether oxygens (including phenoxy) is 1. The summed E-state index contributed by atoms with van der Waals surface area (Å²) in [6, 6.07) is 0. The lowest BCUT2D eigenvalue weighted by Crippen LogP contribution is -2.50. The van der Waals surface area contributed by atoms with Gasteiger partial charge in [-0.05, 0) is 54.5 Å². The summed E-state index contributed by atoms with van der Waals surface area (Å²) in [5, 5.41) is 2.93. The molecule has 4 nitrogen and oxygen atoms in total. The van der Waals surface area contributed by atoms with Crippen LogP contribution in [0.1, 0.15) is 54.4 Å². The smallest absolute Gasteiger partial charge is 0.410 e. The molecule has 132 valence electrons. The highest BCUT2D eigenvalue weighted by Gasteiger charge is 2.30. The van der Waals surface area contributed by atoms with Gasteiger partial charge in [0, 0.05) is 25.0 Å². The lowest BCUT2D eigenvalue weighted by molar-refractivity contribution is -0.135. The lowest BCUT2D eigenvalue weighted by Gasteiger charge is -2.36. The third-order valence-electron chi connectivity index (χ3n) is 2.75. The molecule has 0 aliphatic rings. The summed E-state index contributed by atoms with van der Waals surface area (Å²) in [7, 11) is 0. The minimum atomic E-state index is -4.12. The van der Waals surface area contributed by atoms with Gasteiger partial charge in [0.05, 0.1) is 0 Å². The minimum Gasteiger partial charge on any atom is -0.444 e. The number of rotatable bonds is 6. The Hall–Kier alpha value is -0.980. The van der Waals surface area contributed by atoms with Gasteiger partial charge in [-0.25, -0.2) is 4.79 Å². The number of halogens is 3. The van der Waals surface area contributed by atoms with E-state index in [1.165, 1.54) is 0 Å². The van der Waals surface area contributed by atoms with Crippen LogP contribution in [-0.2, 0) is 4.74 Å². The average Bonchev–Trinajstić information content (AvgIpc) is 2.21. The van der Waals surface area contributed by atoms with E-state index in [2.05, 4.69) is 5.32 Å². The van der Waals surface area contributed by atoms with Gasteiger partial charge >= 0.3 is 12.3 Å². The van der Waals surface area contributed by atoms with E-state index >= 15 is 0 Å². The molecule has 0 aromatic carbocycles. The van der Waals surface area contributed by atoms with Crippen LogP contribution in [0.15, 0.2) is 0 Å². The summed E-state index contributed by atoms with van der Waals surface area (Å²) < 4.78 is 41.4. The van der Waals surface area contributed by atoms with Crippen molar-refractivity contribution in [3.8, 4) is 0 Å². The summed E-state index contributed by atoms with van der Waals surface area (Å²) >= 11 is 0. The number of hydrogen-bond acceptors (Lipinski definition) is 3. The standard InChI is InChI=1S/C15H29F3N2O2/c1-13(2,3)20(12(21)22-14(4,5)6)11-10-19-9-7-8-15(16,17)18/h19H,7-11H2,1-6H3. The highest BCUT2D eigenvalue weighted by atomic mass is 19.4. The van der Waals surface area contributed by atoms with Gasteiger partial charge in [-0.2, -0.15) is 13.2 Å². The molecule has 0 radical (unpaired) electrons. The second-order valence-electron chi connectivity index (χ2n) is 7.27. The number of nitrogens with one attached hydrogen (secondary N) is 1. The van der Waals surface area contributed by atoms with Crippen molar-refractivity contribution in [1.29, 1.82) is 0 Å². The Balaban J connectivity index is 4.26. The fourth-order valence-corrected chi connectivity index (χ4v) is 1.75. The maximum Gasteiger partial charge on any atom is 0.410 e. The molecule has 22 heavy (non-hydrogen) atoms. The van der Waals surface area contributed by atoms with Gasteiger partial charge in [0.15, 0.2) is 0 Å². The molecule has 1 amide bonds. The van der Waals surface area contributed by atoms with Crippen LogP contribution in [0.3, 0.4) is 0 Å². The molecule has 0 bridgehead atoms. The number of alkyl halides is 3. The maximum atomic E-state index is 12.2. The molecule has 0 heterocycles. The van der Waals surface area contributed by atoms with Crippen molar-refractivity contribution in [2.75, 3.05) is 19.6 Å². The van der Waals surface area contributed by atoms with Gasteiger partial charge in [0.1, 0.15) is 5.60 Å². The Morgan fingerprint density at radius 1 is 1.05 bits per heavy atom. The van der Waals surface area contributed by atoms with Crippen LogP contribution in [0.4, 0.5) is 18.0 Å². The van der Waals surface area contributed by atoms with Crippen molar-refractivity contribution >= 4 is 6.09 Å². The topological polar surface area (TPSA) is 41.6 Å². The van der Waals surface area contributed by atoms with Crippen molar-refractivity contribution in [3.05, 3.63) is 0 Å². The van der Waals surface area contributed by atoms with Crippen LogP contribution in [0, 0.1) is 0 Å². The zero-order valence-corrected chi connectivity index (χ0v) is 14.4. The molecular formula is C15H29F3N2O2. The van der Waals surface area contributed by atoms with E-state index in [1.807, 2.05) is 20.8 Å². The predicted molar refractivity (Wildman–Crippen MR) is 80.9 cm³/mol. The summed E-state index contributed by atoms with van der Waals surface area (Å²) in [5.74, 6) is 0. The molecule has 0 atom stereocenters. The maximum absolute atomic E-state index is 12.2. The van der Waals surface area contributed by atoms with E-state index in [0.717, 1.165) is 0 Å². The molecule has 0 saturated carbocycles. The molecule has 0 spiro atoms. The Labute approximate surface area is 131 Å². The summed E-state index contributed by atoms with van der Waals surface area (Å²) in [4.78, 5) is 13.8. The van der Waals surface area contributed by atoms with Gasteiger partial charge < -0.3 is 15.0 Å². The lowest BCUT2D eigenvalue weighted by atomic mass is 10.1. The van der Waals surface area contributed by atoms with Crippen molar-refractivity contribution < 1.29 is 22.7 Å². The van der Waals surface area contributed by atoms with E-state index < -0.39 is 29.8 Å². The van der Waals surface area contributed by atoms with Crippen LogP contribution in [0.5, 0.6) is 0 Å². The van der Waals surface area contributed by atoms with Gasteiger partial charge in [-0.15, -0.1) is 0 Å². The number of amides is 1. The van der Waals surface area contributed by atoms with Crippen LogP contribution >= 0.6 is 0 Å². The van der Waals surface area contributed by atoms with E-state index in [4.69, 9.17) is 4.74 Å².